The molecule has 3 rings (SSSR count). The van der Waals surface area contributed by atoms with Crippen molar-refractivity contribution in [2.24, 2.45) is 0 Å². The first-order chi connectivity index (χ1) is 11.0. The fraction of sp³-hybridized carbons (Fsp3) is 0.111. The Morgan fingerprint density at radius 1 is 1.04 bits per heavy atom. The third-order valence-corrected chi connectivity index (χ3v) is 3.67. The number of aromatic nitrogens is 1. The fourth-order valence-electron chi connectivity index (χ4n) is 2.37. The molecule has 0 aliphatic rings. The zero-order chi connectivity index (χ0) is 16.6. The van der Waals surface area contributed by atoms with E-state index in [9.17, 15) is 13.6 Å². The molecule has 0 spiro atoms. The Balaban J connectivity index is 2.01. The molecular weight excluding hydrogens is 298 g/mol. The zero-order valence-corrected chi connectivity index (χ0v) is 12.7. The normalized spacial score (nSPS) is 10.8. The van der Waals surface area contributed by atoms with Crippen molar-refractivity contribution in [1.29, 1.82) is 0 Å². The van der Waals surface area contributed by atoms with Crippen LogP contribution in [-0.4, -0.2) is 10.9 Å². The van der Waals surface area contributed by atoms with Gasteiger partial charge in [-0.05, 0) is 38.1 Å². The first kappa shape index (κ1) is 15.1. The number of carbonyl (C=O) groups is 1. The number of carbonyl (C=O) groups excluding carboxylic acids is 1. The van der Waals surface area contributed by atoms with Gasteiger partial charge in [0.05, 0.1) is 16.8 Å². The highest BCUT2D eigenvalue weighted by Crippen LogP contribution is 2.23. The second-order valence-electron chi connectivity index (χ2n) is 5.32. The van der Waals surface area contributed by atoms with E-state index in [2.05, 4.69) is 10.3 Å². The third-order valence-electron chi connectivity index (χ3n) is 3.67. The van der Waals surface area contributed by atoms with Gasteiger partial charge >= 0.3 is 0 Å². The Hall–Kier alpha value is -2.82. The number of hydrogen-bond acceptors (Lipinski definition) is 2. The highest BCUT2D eigenvalue weighted by atomic mass is 19.1. The van der Waals surface area contributed by atoms with Gasteiger partial charge in [-0.25, -0.2) is 8.78 Å². The summed E-state index contributed by atoms with van der Waals surface area (Å²) >= 11 is 0. The molecule has 0 saturated carbocycles. The van der Waals surface area contributed by atoms with Crippen LogP contribution in [0.15, 0.2) is 42.5 Å². The molecule has 0 aliphatic heterocycles. The van der Waals surface area contributed by atoms with Crippen molar-refractivity contribution in [3.63, 3.8) is 0 Å². The van der Waals surface area contributed by atoms with Crippen molar-refractivity contribution in [2.45, 2.75) is 13.8 Å². The Morgan fingerprint density at radius 3 is 2.61 bits per heavy atom. The summed E-state index contributed by atoms with van der Waals surface area (Å²) in [5.41, 5.74) is 1.54. The molecule has 0 radical (unpaired) electrons. The molecule has 1 heterocycles. The second-order valence-corrected chi connectivity index (χ2v) is 5.32. The van der Waals surface area contributed by atoms with Crippen LogP contribution >= 0.6 is 0 Å². The van der Waals surface area contributed by atoms with E-state index in [1.165, 1.54) is 6.92 Å². The maximum absolute atomic E-state index is 14.1. The molecule has 1 N–H and O–H groups in total. The topological polar surface area (TPSA) is 42.0 Å². The van der Waals surface area contributed by atoms with E-state index in [4.69, 9.17) is 0 Å². The average molecular weight is 312 g/mol. The van der Waals surface area contributed by atoms with Gasteiger partial charge < -0.3 is 5.32 Å². The molecule has 2 aromatic carbocycles. The van der Waals surface area contributed by atoms with Crippen LogP contribution < -0.4 is 5.32 Å². The van der Waals surface area contributed by atoms with Gasteiger partial charge in [-0.3, -0.25) is 9.78 Å². The lowest BCUT2D eigenvalue weighted by Crippen LogP contribution is -2.15. The largest absolute Gasteiger partial charge is 0.320 e. The standard InChI is InChI=1S/C18H14F2N2O/c1-10-6-7-12-4-3-5-15(17(12)21-10)22-18(23)13-8-9-14(19)11(2)16(13)20/h3-9H,1-2H3,(H,22,23). The third kappa shape index (κ3) is 2.77. The minimum atomic E-state index is -0.855. The number of benzene rings is 2. The van der Waals surface area contributed by atoms with Gasteiger partial charge in [0.15, 0.2) is 0 Å². The van der Waals surface area contributed by atoms with Crippen LogP contribution in [0.25, 0.3) is 10.9 Å². The number of halogens is 2. The number of nitrogens with zero attached hydrogens (tertiary/aromatic N) is 1. The van der Waals surface area contributed by atoms with Crippen molar-refractivity contribution in [3.05, 3.63) is 70.9 Å². The van der Waals surface area contributed by atoms with E-state index < -0.39 is 17.5 Å². The summed E-state index contributed by atoms with van der Waals surface area (Å²) in [5, 5.41) is 3.52. The molecule has 0 aliphatic carbocycles. The second kappa shape index (κ2) is 5.76. The summed E-state index contributed by atoms with van der Waals surface area (Å²) in [6.07, 6.45) is 0. The van der Waals surface area contributed by atoms with Crippen LogP contribution in [0.4, 0.5) is 14.5 Å². The first-order valence-electron chi connectivity index (χ1n) is 7.09. The van der Waals surface area contributed by atoms with Crippen molar-refractivity contribution >= 4 is 22.5 Å². The fourth-order valence-corrected chi connectivity index (χ4v) is 2.37. The van der Waals surface area contributed by atoms with Gasteiger partial charge in [0.25, 0.3) is 5.91 Å². The zero-order valence-electron chi connectivity index (χ0n) is 12.7. The quantitative estimate of drug-likeness (QED) is 0.763. The number of anilines is 1. The number of fused-ring (bicyclic) bond motifs is 1. The SMILES string of the molecule is Cc1ccc2cccc(NC(=O)c3ccc(F)c(C)c3F)c2n1. The molecule has 1 amide bonds. The van der Waals surface area contributed by atoms with Crippen LogP contribution in [0.2, 0.25) is 0 Å². The molecule has 3 aromatic rings. The molecule has 0 atom stereocenters. The number of hydrogen-bond donors (Lipinski definition) is 1. The molecule has 5 heteroatoms. The molecule has 0 unspecified atom stereocenters. The van der Waals surface area contributed by atoms with Crippen molar-refractivity contribution < 1.29 is 13.6 Å². The molecule has 0 saturated heterocycles. The van der Waals surface area contributed by atoms with Crippen LogP contribution in [0, 0.1) is 25.5 Å². The predicted octanol–water partition coefficient (Wildman–Crippen LogP) is 4.38. The highest BCUT2D eigenvalue weighted by molar-refractivity contribution is 6.08. The number of para-hydroxylation sites is 1. The Bertz CT molecular complexity index is 922. The maximum atomic E-state index is 14.1. The lowest BCUT2D eigenvalue weighted by atomic mass is 10.1. The summed E-state index contributed by atoms with van der Waals surface area (Å²) < 4.78 is 27.4. The van der Waals surface area contributed by atoms with Crippen LogP contribution in [0.1, 0.15) is 21.6 Å². The number of rotatable bonds is 2. The van der Waals surface area contributed by atoms with Gasteiger partial charge in [-0.1, -0.05) is 18.2 Å². The molecular formula is C18H14F2N2O. The van der Waals surface area contributed by atoms with Gasteiger partial charge in [-0.15, -0.1) is 0 Å². The van der Waals surface area contributed by atoms with Gasteiger partial charge in [0, 0.05) is 16.6 Å². The Labute approximate surface area is 132 Å². The lowest BCUT2D eigenvalue weighted by Gasteiger charge is -2.10. The van der Waals surface area contributed by atoms with Crippen LogP contribution in [-0.2, 0) is 0 Å². The summed E-state index contributed by atoms with van der Waals surface area (Å²) in [7, 11) is 0. The smallest absolute Gasteiger partial charge is 0.258 e. The maximum Gasteiger partial charge on any atom is 0.258 e. The minimum absolute atomic E-state index is 0.176. The molecule has 0 bridgehead atoms. The monoisotopic (exact) mass is 312 g/mol. The molecule has 3 nitrogen and oxygen atoms in total. The van der Waals surface area contributed by atoms with Crippen LogP contribution in [0.3, 0.4) is 0 Å². The predicted molar refractivity (Wildman–Crippen MR) is 85.5 cm³/mol. The van der Waals surface area contributed by atoms with E-state index >= 15 is 0 Å². The van der Waals surface area contributed by atoms with E-state index in [1.807, 2.05) is 25.1 Å². The van der Waals surface area contributed by atoms with Crippen molar-refractivity contribution in [2.75, 3.05) is 5.32 Å². The molecule has 0 fully saturated rings. The number of amides is 1. The van der Waals surface area contributed by atoms with Gasteiger partial charge in [0.1, 0.15) is 11.6 Å². The number of nitrogens with one attached hydrogen (secondary N) is 1. The van der Waals surface area contributed by atoms with Crippen LogP contribution in [0.5, 0.6) is 0 Å². The molecule has 116 valence electrons. The van der Waals surface area contributed by atoms with E-state index in [1.54, 1.807) is 12.1 Å². The number of aryl methyl sites for hydroxylation is 1. The summed E-state index contributed by atoms with van der Waals surface area (Å²) in [5.74, 6) is -2.17. The lowest BCUT2D eigenvalue weighted by molar-refractivity contribution is 0.102. The summed E-state index contributed by atoms with van der Waals surface area (Å²) in [4.78, 5) is 16.7. The van der Waals surface area contributed by atoms with Crippen molar-refractivity contribution in [1.82, 2.24) is 4.98 Å². The first-order valence-corrected chi connectivity index (χ1v) is 7.09. The van der Waals surface area contributed by atoms with E-state index in [-0.39, 0.29) is 11.1 Å². The van der Waals surface area contributed by atoms with Crippen molar-refractivity contribution in [3.8, 4) is 0 Å². The highest BCUT2D eigenvalue weighted by Gasteiger charge is 2.17. The minimum Gasteiger partial charge on any atom is -0.320 e. The number of pyridine rings is 1. The van der Waals surface area contributed by atoms with Gasteiger partial charge in [0.2, 0.25) is 0 Å². The summed E-state index contributed by atoms with van der Waals surface area (Å²) in [6, 6.07) is 11.3. The molecule has 23 heavy (non-hydrogen) atoms. The Kier molecular flexibility index (Phi) is 3.78. The average Bonchev–Trinajstić information content (AvgIpc) is 2.53. The summed E-state index contributed by atoms with van der Waals surface area (Å²) in [6.45, 7) is 3.14. The Morgan fingerprint density at radius 2 is 1.83 bits per heavy atom. The van der Waals surface area contributed by atoms with E-state index in [0.29, 0.717) is 11.2 Å². The molecule has 1 aromatic heterocycles. The van der Waals surface area contributed by atoms with Gasteiger partial charge in [-0.2, -0.15) is 0 Å². The van der Waals surface area contributed by atoms with E-state index in [0.717, 1.165) is 23.2 Å².